The largest absolute Gasteiger partial charge is 0.351 e. The molecule has 0 unspecified atom stereocenters. The molecule has 0 spiro atoms. The van der Waals surface area contributed by atoms with Crippen LogP contribution in [0.2, 0.25) is 0 Å². The van der Waals surface area contributed by atoms with Crippen molar-refractivity contribution in [3.05, 3.63) is 11.6 Å². The molecule has 1 aliphatic heterocycles. The van der Waals surface area contributed by atoms with Gasteiger partial charge in [0.1, 0.15) is 5.71 Å². The Balaban J connectivity index is 1.72. The van der Waals surface area contributed by atoms with Crippen molar-refractivity contribution in [3.63, 3.8) is 0 Å². The van der Waals surface area contributed by atoms with E-state index in [1.807, 2.05) is 0 Å². The second-order valence-corrected chi connectivity index (χ2v) is 4.35. The van der Waals surface area contributed by atoms with E-state index in [0.717, 1.165) is 12.8 Å². The van der Waals surface area contributed by atoms with Crippen LogP contribution in [0.3, 0.4) is 0 Å². The summed E-state index contributed by atoms with van der Waals surface area (Å²) in [6.07, 6.45) is 7.52. The fourth-order valence-electron chi connectivity index (χ4n) is 2.04. The van der Waals surface area contributed by atoms with Crippen LogP contribution in [0.4, 0.5) is 0 Å². The first-order valence-electron chi connectivity index (χ1n) is 6.07. The van der Waals surface area contributed by atoms with Crippen LogP contribution < -0.4 is 10.7 Å². The number of carbonyl (C=O) groups excluding carboxylic acids is 2. The number of nitrogens with one attached hydrogen (secondary N) is 2. The first kappa shape index (κ1) is 11.8. The summed E-state index contributed by atoms with van der Waals surface area (Å²) in [5.41, 5.74) is 4.18. The van der Waals surface area contributed by atoms with Crippen molar-refractivity contribution in [2.75, 3.05) is 6.54 Å². The minimum absolute atomic E-state index is 0.127. The molecule has 0 saturated heterocycles. The first-order valence-corrected chi connectivity index (χ1v) is 6.07. The minimum Gasteiger partial charge on any atom is -0.351 e. The zero-order chi connectivity index (χ0) is 12.1. The standard InChI is InChI=1S/C12H17N3O2/c16-11-6-5-10(14-15-11)12(17)13-8-7-9-3-1-2-4-9/h3H,1-2,4-8H2,(H,13,17)(H,15,16). The number of hydrazone groups is 1. The van der Waals surface area contributed by atoms with Gasteiger partial charge in [-0.3, -0.25) is 9.59 Å². The summed E-state index contributed by atoms with van der Waals surface area (Å²) in [6, 6.07) is 0. The average Bonchev–Trinajstić information content (AvgIpc) is 2.83. The maximum Gasteiger partial charge on any atom is 0.267 e. The minimum atomic E-state index is -0.163. The lowest BCUT2D eigenvalue weighted by molar-refractivity contribution is -0.121. The zero-order valence-corrected chi connectivity index (χ0v) is 9.79. The highest BCUT2D eigenvalue weighted by Gasteiger charge is 2.17. The number of carbonyl (C=O) groups is 2. The van der Waals surface area contributed by atoms with E-state index >= 15 is 0 Å². The molecule has 5 heteroatoms. The normalized spacial score (nSPS) is 19.4. The SMILES string of the molecule is O=C1CCC(C(=O)NCCC2=CCCC2)=NN1. The van der Waals surface area contributed by atoms with E-state index in [9.17, 15) is 9.59 Å². The predicted octanol–water partition coefficient (Wildman–Crippen LogP) is 0.869. The fraction of sp³-hybridized carbons (Fsp3) is 0.583. The molecule has 5 nitrogen and oxygen atoms in total. The lowest BCUT2D eigenvalue weighted by atomic mass is 10.1. The van der Waals surface area contributed by atoms with Crippen molar-refractivity contribution in [2.24, 2.45) is 5.10 Å². The molecular weight excluding hydrogens is 218 g/mol. The number of rotatable bonds is 4. The van der Waals surface area contributed by atoms with Crippen LogP contribution >= 0.6 is 0 Å². The van der Waals surface area contributed by atoms with Crippen LogP contribution in [0.1, 0.15) is 38.5 Å². The van der Waals surface area contributed by atoms with E-state index in [1.54, 1.807) is 0 Å². The van der Waals surface area contributed by atoms with Crippen LogP contribution in [0.5, 0.6) is 0 Å². The van der Waals surface area contributed by atoms with Gasteiger partial charge in [0, 0.05) is 19.4 Å². The number of hydrogen-bond acceptors (Lipinski definition) is 3. The summed E-state index contributed by atoms with van der Waals surface area (Å²) in [5.74, 6) is -0.291. The molecule has 2 amide bonds. The van der Waals surface area contributed by atoms with E-state index in [4.69, 9.17) is 0 Å². The van der Waals surface area contributed by atoms with Gasteiger partial charge < -0.3 is 5.32 Å². The molecule has 0 radical (unpaired) electrons. The third-order valence-corrected chi connectivity index (χ3v) is 3.03. The molecule has 92 valence electrons. The molecule has 0 atom stereocenters. The van der Waals surface area contributed by atoms with Crippen molar-refractivity contribution in [2.45, 2.75) is 38.5 Å². The Hall–Kier alpha value is -1.65. The second kappa shape index (κ2) is 5.61. The van der Waals surface area contributed by atoms with Gasteiger partial charge in [-0.05, 0) is 25.7 Å². The molecule has 1 aliphatic carbocycles. The van der Waals surface area contributed by atoms with Gasteiger partial charge in [-0.2, -0.15) is 5.10 Å². The van der Waals surface area contributed by atoms with Crippen molar-refractivity contribution in [1.82, 2.24) is 10.7 Å². The highest BCUT2D eigenvalue weighted by Crippen LogP contribution is 2.19. The molecule has 0 aromatic heterocycles. The van der Waals surface area contributed by atoms with Gasteiger partial charge in [-0.25, -0.2) is 5.43 Å². The number of hydrogen-bond donors (Lipinski definition) is 2. The molecule has 0 fully saturated rings. The van der Waals surface area contributed by atoms with Crippen LogP contribution in [0, 0.1) is 0 Å². The van der Waals surface area contributed by atoms with Crippen molar-refractivity contribution in [1.29, 1.82) is 0 Å². The Morgan fingerprint density at radius 3 is 2.94 bits per heavy atom. The second-order valence-electron chi connectivity index (χ2n) is 4.35. The molecule has 0 saturated carbocycles. The van der Waals surface area contributed by atoms with Gasteiger partial charge in [0.2, 0.25) is 5.91 Å². The van der Waals surface area contributed by atoms with E-state index in [1.165, 1.54) is 18.4 Å². The van der Waals surface area contributed by atoms with Gasteiger partial charge in [0.25, 0.3) is 5.91 Å². The number of allylic oxidation sites excluding steroid dienone is 1. The molecule has 1 heterocycles. The highest BCUT2D eigenvalue weighted by atomic mass is 16.2. The molecular formula is C12H17N3O2. The van der Waals surface area contributed by atoms with Crippen LogP contribution in [0.15, 0.2) is 16.8 Å². The molecule has 0 aromatic carbocycles. The molecule has 17 heavy (non-hydrogen) atoms. The smallest absolute Gasteiger partial charge is 0.267 e. The topological polar surface area (TPSA) is 70.6 Å². The summed E-state index contributed by atoms with van der Waals surface area (Å²) in [6.45, 7) is 0.650. The van der Waals surface area contributed by atoms with Gasteiger partial charge >= 0.3 is 0 Å². The molecule has 2 N–H and O–H groups in total. The lowest BCUT2D eigenvalue weighted by Crippen LogP contribution is -2.37. The van der Waals surface area contributed by atoms with E-state index in [0.29, 0.717) is 25.1 Å². The van der Waals surface area contributed by atoms with Gasteiger partial charge in [-0.15, -0.1) is 0 Å². The summed E-state index contributed by atoms with van der Waals surface area (Å²) < 4.78 is 0. The predicted molar refractivity (Wildman–Crippen MR) is 64.4 cm³/mol. The monoisotopic (exact) mass is 235 g/mol. The first-order chi connectivity index (χ1) is 8.25. The van der Waals surface area contributed by atoms with E-state index in [-0.39, 0.29) is 11.8 Å². The van der Waals surface area contributed by atoms with Crippen molar-refractivity contribution in [3.8, 4) is 0 Å². The summed E-state index contributed by atoms with van der Waals surface area (Å²) >= 11 is 0. The summed E-state index contributed by atoms with van der Waals surface area (Å²) in [7, 11) is 0. The Morgan fingerprint density at radius 2 is 2.29 bits per heavy atom. The zero-order valence-electron chi connectivity index (χ0n) is 9.79. The fourth-order valence-corrected chi connectivity index (χ4v) is 2.04. The Morgan fingerprint density at radius 1 is 1.41 bits per heavy atom. The maximum atomic E-state index is 11.7. The van der Waals surface area contributed by atoms with Crippen LogP contribution in [-0.2, 0) is 9.59 Å². The Kier molecular flexibility index (Phi) is 3.90. The van der Waals surface area contributed by atoms with Gasteiger partial charge in [-0.1, -0.05) is 11.6 Å². The number of amides is 2. The van der Waals surface area contributed by atoms with Crippen molar-refractivity contribution < 1.29 is 9.59 Å². The molecule has 2 rings (SSSR count). The van der Waals surface area contributed by atoms with E-state index in [2.05, 4.69) is 21.9 Å². The van der Waals surface area contributed by atoms with Gasteiger partial charge in [0.15, 0.2) is 0 Å². The quantitative estimate of drug-likeness (QED) is 0.710. The lowest BCUT2D eigenvalue weighted by Gasteiger charge is -2.12. The summed E-state index contributed by atoms with van der Waals surface area (Å²) in [4.78, 5) is 22.5. The number of nitrogens with zero attached hydrogens (tertiary/aromatic N) is 1. The van der Waals surface area contributed by atoms with Crippen molar-refractivity contribution >= 4 is 17.5 Å². The Labute approximate surface area is 100 Å². The third kappa shape index (κ3) is 3.41. The van der Waals surface area contributed by atoms with Gasteiger partial charge in [0.05, 0.1) is 0 Å². The summed E-state index contributed by atoms with van der Waals surface area (Å²) in [5, 5.41) is 6.58. The average molecular weight is 235 g/mol. The maximum absolute atomic E-state index is 11.7. The third-order valence-electron chi connectivity index (χ3n) is 3.03. The molecule has 0 bridgehead atoms. The van der Waals surface area contributed by atoms with E-state index < -0.39 is 0 Å². The molecule has 0 aromatic rings. The van der Waals surface area contributed by atoms with Crippen LogP contribution in [0.25, 0.3) is 0 Å². The van der Waals surface area contributed by atoms with Crippen LogP contribution in [-0.4, -0.2) is 24.1 Å². The molecule has 2 aliphatic rings. The Bertz CT molecular complexity index is 385. The highest BCUT2D eigenvalue weighted by molar-refractivity contribution is 6.39.